The molecule has 0 aliphatic heterocycles. The highest BCUT2D eigenvalue weighted by Crippen LogP contribution is 2.36. The molecule has 5 heteroatoms. The number of anilines is 1. The van der Waals surface area contributed by atoms with Gasteiger partial charge in [0.25, 0.3) is 0 Å². The molecule has 1 aliphatic rings. The van der Waals surface area contributed by atoms with E-state index in [0.29, 0.717) is 23.4 Å². The summed E-state index contributed by atoms with van der Waals surface area (Å²) in [4.78, 5) is 0. The van der Waals surface area contributed by atoms with Gasteiger partial charge in [0, 0.05) is 6.04 Å². The van der Waals surface area contributed by atoms with Crippen molar-refractivity contribution in [1.82, 2.24) is 15.5 Å². The van der Waals surface area contributed by atoms with Crippen molar-refractivity contribution in [3.05, 3.63) is 5.89 Å². The highest BCUT2D eigenvalue weighted by Gasteiger charge is 2.28. The maximum absolute atomic E-state index is 5.61. The van der Waals surface area contributed by atoms with Gasteiger partial charge in [-0.1, -0.05) is 25.4 Å². The third-order valence-corrected chi connectivity index (χ3v) is 3.78. The minimum Gasteiger partial charge on any atom is -0.406 e. The van der Waals surface area contributed by atoms with Gasteiger partial charge in [0.05, 0.1) is 6.04 Å². The van der Waals surface area contributed by atoms with E-state index in [0.717, 1.165) is 6.42 Å². The molecule has 1 fully saturated rings. The second-order valence-corrected chi connectivity index (χ2v) is 6.06. The van der Waals surface area contributed by atoms with Gasteiger partial charge in [-0.05, 0) is 38.6 Å². The van der Waals surface area contributed by atoms with Crippen molar-refractivity contribution >= 4 is 6.01 Å². The Morgan fingerprint density at radius 2 is 2.17 bits per heavy atom. The van der Waals surface area contributed by atoms with Gasteiger partial charge in [-0.25, -0.2) is 0 Å². The highest BCUT2D eigenvalue weighted by atomic mass is 16.4. The van der Waals surface area contributed by atoms with Crippen molar-refractivity contribution in [2.45, 2.75) is 58.5 Å². The van der Waals surface area contributed by atoms with E-state index >= 15 is 0 Å². The predicted molar refractivity (Wildman–Crippen MR) is 71.4 cm³/mol. The summed E-state index contributed by atoms with van der Waals surface area (Å²) in [6, 6.07) is 1.09. The minimum absolute atomic E-state index is 0.0934. The Bertz CT molecular complexity index is 388. The van der Waals surface area contributed by atoms with Gasteiger partial charge in [0.2, 0.25) is 5.89 Å². The van der Waals surface area contributed by atoms with Crippen molar-refractivity contribution in [2.24, 2.45) is 5.41 Å². The number of rotatable bonds is 4. The molecule has 0 spiro atoms. The number of nitrogens with zero attached hydrogens (tertiary/aromatic N) is 2. The maximum Gasteiger partial charge on any atom is 0.315 e. The second-order valence-electron chi connectivity index (χ2n) is 6.06. The molecule has 2 rings (SSSR count). The van der Waals surface area contributed by atoms with Crippen molar-refractivity contribution in [2.75, 3.05) is 12.4 Å². The topological polar surface area (TPSA) is 63.0 Å². The van der Waals surface area contributed by atoms with Gasteiger partial charge in [-0.15, -0.1) is 5.10 Å². The van der Waals surface area contributed by atoms with Crippen LogP contribution in [0.3, 0.4) is 0 Å². The van der Waals surface area contributed by atoms with E-state index in [-0.39, 0.29) is 6.04 Å². The molecule has 0 radical (unpaired) electrons. The minimum atomic E-state index is 0.0934. The van der Waals surface area contributed by atoms with Crippen LogP contribution in [0.25, 0.3) is 0 Å². The van der Waals surface area contributed by atoms with Crippen molar-refractivity contribution in [1.29, 1.82) is 0 Å². The zero-order valence-electron chi connectivity index (χ0n) is 11.8. The fourth-order valence-electron chi connectivity index (χ4n) is 2.59. The summed E-state index contributed by atoms with van der Waals surface area (Å²) in [7, 11) is 1.88. The Labute approximate surface area is 109 Å². The molecule has 1 heterocycles. The molecule has 18 heavy (non-hydrogen) atoms. The first-order valence-corrected chi connectivity index (χ1v) is 6.77. The van der Waals surface area contributed by atoms with Crippen LogP contribution in [0, 0.1) is 5.41 Å². The SMILES string of the molecule is CNC(C)c1nnc(NC2CCCC(C)(C)C2)o1. The zero-order chi connectivity index (χ0) is 13.2. The Balaban J connectivity index is 1.95. The molecule has 5 nitrogen and oxygen atoms in total. The highest BCUT2D eigenvalue weighted by molar-refractivity contribution is 5.20. The molecule has 1 saturated carbocycles. The molecular weight excluding hydrogens is 228 g/mol. The Morgan fingerprint density at radius 1 is 1.39 bits per heavy atom. The normalized spacial score (nSPS) is 24.8. The summed E-state index contributed by atoms with van der Waals surface area (Å²) in [5, 5.41) is 14.6. The number of hydrogen-bond donors (Lipinski definition) is 2. The van der Waals surface area contributed by atoms with Gasteiger partial charge < -0.3 is 15.1 Å². The fourth-order valence-corrected chi connectivity index (χ4v) is 2.59. The quantitative estimate of drug-likeness (QED) is 0.862. The lowest BCUT2D eigenvalue weighted by Crippen LogP contribution is -2.31. The van der Waals surface area contributed by atoms with Gasteiger partial charge in [0.1, 0.15) is 0 Å². The van der Waals surface area contributed by atoms with Crippen LogP contribution in [0.4, 0.5) is 6.01 Å². The smallest absolute Gasteiger partial charge is 0.315 e. The lowest BCUT2D eigenvalue weighted by Gasteiger charge is -2.35. The first kappa shape index (κ1) is 13.3. The van der Waals surface area contributed by atoms with Crippen LogP contribution in [-0.4, -0.2) is 23.3 Å². The first-order chi connectivity index (χ1) is 8.50. The molecular formula is C13H24N4O. The Hall–Kier alpha value is -1.10. The third kappa shape index (κ3) is 3.22. The van der Waals surface area contributed by atoms with E-state index in [1.807, 2.05) is 14.0 Å². The number of hydrogen-bond acceptors (Lipinski definition) is 5. The van der Waals surface area contributed by atoms with Crippen LogP contribution in [0.2, 0.25) is 0 Å². The molecule has 0 amide bonds. The average Bonchev–Trinajstić information content (AvgIpc) is 2.75. The van der Waals surface area contributed by atoms with Crippen molar-refractivity contribution in [3.8, 4) is 0 Å². The monoisotopic (exact) mass is 252 g/mol. The lowest BCUT2D eigenvalue weighted by molar-refractivity contribution is 0.227. The van der Waals surface area contributed by atoms with Crippen molar-refractivity contribution < 1.29 is 4.42 Å². The van der Waals surface area contributed by atoms with Crippen LogP contribution in [0.1, 0.15) is 58.4 Å². The average molecular weight is 252 g/mol. The molecule has 1 aliphatic carbocycles. The van der Waals surface area contributed by atoms with E-state index in [1.54, 1.807) is 0 Å². The van der Waals surface area contributed by atoms with E-state index in [1.165, 1.54) is 19.3 Å². The largest absolute Gasteiger partial charge is 0.406 e. The summed E-state index contributed by atoms with van der Waals surface area (Å²) in [5.41, 5.74) is 0.414. The molecule has 2 atom stereocenters. The van der Waals surface area contributed by atoms with E-state index < -0.39 is 0 Å². The lowest BCUT2D eigenvalue weighted by atomic mass is 9.75. The number of aromatic nitrogens is 2. The molecule has 1 aromatic rings. The first-order valence-electron chi connectivity index (χ1n) is 6.77. The summed E-state index contributed by atoms with van der Waals surface area (Å²) < 4.78 is 5.61. The molecule has 2 unspecified atom stereocenters. The summed E-state index contributed by atoms with van der Waals surface area (Å²) in [5.74, 6) is 0.634. The molecule has 0 bridgehead atoms. The molecule has 0 aromatic carbocycles. The Kier molecular flexibility index (Phi) is 3.90. The van der Waals surface area contributed by atoms with Crippen LogP contribution in [0.5, 0.6) is 0 Å². The molecule has 2 N–H and O–H groups in total. The summed E-state index contributed by atoms with van der Waals surface area (Å²) in [6.07, 6.45) is 4.91. The van der Waals surface area contributed by atoms with Crippen LogP contribution in [0.15, 0.2) is 4.42 Å². The maximum atomic E-state index is 5.61. The van der Waals surface area contributed by atoms with Crippen molar-refractivity contribution in [3.63, 3.8) is 0 Å². The van der Waals surface area contributed by atoms with E-state index in [4.69, 9.17) is 4.42 Å². The zero-order valence-corrected chi connectivity index (χ0v) is 11.8. The van der Waals surface area contributed by atoms with Gasteiger partial charge in [0.15, 0.2) is 0 Å². The summed E-state index contributed by atoms with van der Waals surface area (Å²) >= 11 is 0. The Morgan fingerprint density at radius 3 is 2.83 bits per heavy atom. The third-order valence-electron chi connectivity index (χ3n) is 3.78. The molecule has 102 valence electrons. The second kappa shape index (κ2) is 5.26. The van der Waals surface area contributed by atoms with Gasteiger partial charge in [-0.3, -0.25) is 0 Å². The van der Waals surface area contributed by atoms with Crippen LogP contribution < -0.4 is 10.6 Å². The molecule has 0 saturated heterocycles. The van der Waals surface area contributed by atoms with Gasteiger partial charge in [-0.2, -0.15) is 0 Å². The fraction of sp³-hybridized carbons (Fsp3) is 0.846. The van der Waals surface area contributed by atoms with E-state index in [2.05, 4.69) is 34.7 Å². The summed E-state index contributed by atoms with van der Waals surface area (Å²) in [6.45, 7) is 6.65. The molecule has 1 aromatic heterocycles. The van der Waals surface area contributed by atoms with Crippen LogP contribution >= 0.6 is 0 Å². The van der Waals surface area contributed by atoms with E-state index in [9.17, 15) is 0 Å². The number of nitrogens with one attached hydrogen (secondary N) is 2. The predicted octanol–water partition coefficient (Wildman–Crippen LogP) is 2.73. The van der Waals surface area contributed by atoms with Crippen LogP contribution in [-0.2, 0) is 0 Å². The standard InChI is InChI=1S/C13H24N4O/c1-9(14-4)11-16-17-12(18-11)15-10-6-5-7-13(2,3)8-10/h9-10,14H,5-8H2,1-4H3,(H,15,17). The van der Waals surface area contributed by atoms with Gasteiger partial charge >= 0.3 is 6.01 Å².